The highest BCUT2D eigenvalue weighted by Crippen LogP contribution is 2.17. The number of hydrazine groups is 1. The van der Waals surface area contributed by atoms with Crippen molar-refractivity contribution in [1.82, 2.24) is 10.9 Å². The fraction of sp³-hybridized carbons (Fsp3) is 0.471. The van der Waals surface area contributed by atoms with Crippen molar-refractivity contribution in [3.05, 3.63) is 34.4 Å². The number of nitro groups is 1. The average molecular weight is 477 g/mol. The van der Waals surface area contributed by atoms with Crippen molar-refractivity contribution < 1.29 is 46.7 Å². The molecule has 15 heteroatoms. The summed E-state index contributed by atoms with van der Waals surface area (Å²) in [5.74, 6) is -1.15. The van der Waals surface area contributed by atoms with Crippen LogP contribution in [0.3, 0.4) is 0 Å². The number of carbonyl (C=O) groups excluding carboxylic acids is 3. The number of benzene rings is 1. The molecule has 0 saturated heterocycles. The Morgan fingerprint density at radius 3 is 2.03 bits per heavy atom. The Balaban J connectivity index is 2.26. The van der Waals surface area contributed by atoms with Crippen LogP contribution in [0.15, 0.2) is 24.3 Å². The molecule has 32 heavy (non-hydrogen) atoms. The SMILES string of the molecule is CC(C)(C)OC(=O)NNC(=O)OCCS(=O)(=O)CCOC(=O)Oc1ccc([N+](=O)[O-])cc1. The Bertz CT molecular complexity index is 924. The summed E-state index contributed by atoms with van der Waals surface area (Å²) < 4.78 is 42.6. The first kappa shape index (κ1) is 26.4. The molecule has 0 aliphatic heterocycles. The van der Waals surface area contributed by atoms with Crippen LogP contribution in [0, 0.1) is 10.1 Å². The monoisotopic (exact) mass is 477 g/mol. The maximum absolute atomic E-state index is 11.9. The number of non-ortho nitro benzene ring substituents is 1. The molecule has 1 rings (SSSR count). The van der Waals surface area contributed by atoms with Crippen molar-refractivity contribution in [3.63, 3.8) is 0 Å². The Labute approximate surface area is 183 Å². The van der Waals surface area contributed by atoms with Gasteiger partial charge in [0.05, 0.1) is 16.4 Å². The van der Waals surface area contributed by atoms with Gasteiger partial charge in [0.15, 0.2) is 9.84 Å². The first-order valence-electron chi connectivity index (χ1n) is 8.99. The zero-order chi connectivity index (χ0) is 24.4. The van der Waals surface area contributed by atoms with Gasteiger partial charge in [-0.3, -0.25) is 10.1 Å². The summed E-state index contributed by atoms with van der Waals surface area (Å²) in [5.41, 5.74) is 2.82. The van der Waals surface area contributed by atoms with Gasteiger partial charge in [0.25, 0.3) is 5.69 Å². The third kappa shape index (κ3) is 11.5. The van der Waals surface area contributed by atoms with Crippen LogP contribution in [0.4, 0.5) is 20.1 Å². The van der Waals surface area contributed by atoms with E-state index in [-0.39, 0.29) is 11.4 Å². The van der Waals surface area contributed by atoms with Gasteiger partial charge >= 0.3 is 18.3 Å². The van der Waals surface area contributed by atoms with E-state index in [4.69, 9.17) is 9.47 Å². The summed E-state index contributed by atoms with van der Waals surface area (Å²) in [6.07, 6.45) is -3.23. The number of nitro benzene ring substituents is 1. The number of nitrogens with one attached hydrogen (secondary N) is 2. The molecular formula is C17H23N3O11S. The van der Waals surface area contributed by atoms with Gasteiger partial charge in [-0.2, -0.15) is 0 Å². The maximum atomic E-state index is 11.9. The van der Waals surface area contributed by atoms with Crippen LogP contribution in [0.5, 0.6) is 5.75 Å². The van der Waals surface area contributed by atoms with Crippen molar-refractivity contribution in [2.24, 2.45) is 0 Å². The van der Waals surface area contributed by atoms with Crippen LogP contribution >= 0.6 is 0 Å². The molecule has 2 N–H and O–H groups in total. The van der Waals surface area contributed by atoms with E-state index < -0.39 is 63.4 Å². The molecule has 0 aliphatic rings. The van der Waals surface area contributed by atoms with Crippen LogP contribution in [0.25, 0.3) is 0 Å². The van der Waals surface area contributed by atoms with Gasteiger partial charge in [0, 0.05) is 12.1 Å². The largest absolute Gasteiger partial charge is 0.513 e. The minimum atomic E-state index is -3.74. The molecule has 0 unspecified atom stereocenters. The number of hydrogen-bond donors (Lipinski definition) is 2. The lowest BCUT2D eigenvalue weighted by Crippen LogP contribution is -2.44. The summed E-state index contributed by atoms with van der Waals surface area (Å²) >= 11 is 0. The zero-order valence-electron chi connectivity index (χ0n) is 17.5. The van der Waals surface area contributed by atoms with Gasteiger partial charge in [0.1, 0.15) is 24.6 Å². The highest BCUT2D eigenvalue weighted by molar-refractivity contribution is 7.91. The molecule has 0 radical (unpaired) electrons. The molecule has 14 nitrogen and oxygen atoms in total. The van der Waals surface area contributed by atoms with Gasteiger partial charge in [-0.1, -0.05) is 0 Å². The Hall–Kier alpha value is -3.62. The maximum Gasteiger partial charge on any atom is 0.513 e. The molecular weight excluding hydrogens is 454 g/mol. The molecule has 0 atom stereocenters. The number of sulfone groups is 1. The molecule has 0 heterocycles. The number of amides is 2. The lowest BCUT2D eigenvalue weighted by Gasteiger charge is -2.19. The predicted molar refractivity (Wildman–Crippen MR) is 108 cm³/mol. The Morgan fingerprint density at radius 2 is 1.50 bits per heavy atom. The second-order valence-electron chi connectivity index (χ2n) is 6.99. The summed E-state index contributed by atoms with van der Waals surface area (Å²) in [4.78, 5) is 44.2. The molecule has 0 aromatic heterocycles. The molecule has 178 valence electrons. The smallest absolute Gasteiger partial charge is 0.447 e. The fourth-order valence-electron chi connectivity index (χ4n) is 1.82. The average Bonchev–Trinajstić information content (AvgIpc) is 2.65. The topological polar surface area (TPSA) is 189 Å². The van der Waals surface area contributed by atoms with E-state index in [9.17, 15) is 32.9 Å². The zero-order valence-corrected chi connectivity index (χ0v) is 18.3. The minimum absolute atomic E-state index is 0.0251. The van der Waals surface area contributed by atoms with E-state index in [1.807, 2.05) is 10.9 Å². The normalized spacial score (nSPS) is 11.1. The first-order chi connectivity index (χ1) is 14.8. The molecule has 0 spiro atoms. The third-order valence-electron chi connectivity index (χ3n) is 3.16. The highest BCUT2D eigenvalue weighted by Gasteiger charge is 2.18. The highest BCUT2D eigenvalue weighted by atomic mass is 32.2. The van der Waals surface area contributed by atoms with E-state index in [0.717, 1.165) is 12.1 Å². The molecule has 0 bridgehead atoms. The van der Waals surface area contributed by atoms with Crippen molar-refractivity contribution in [3.8, 4) is 5.75 Å². The number of nitrogens with zero attached hydrogens (tertiary/aromatic N) is 1. The van der Waals surface area contributed by atoms with Crippen molar-refractivity contribution in [2.75, 3.05) is 24.7 Å². The van der Waals surface area contributed by atoms with Crippen LogP contribution in [0.1, 0.15) is 20.8 Å². The number of hydrogen-bond acceptors (Lipinski definition) is 11. The molecule has 1 aromatic carbocycles. The van der Waals surface area contributed by atoms with E-state index in [0.29, 0.717) is 0 Å². The molecule has 1 aromatic rings. The lowest BCUT2D eigenvalue weighted by atomic mass is 10.2. The Morgan fingerprint density at radius 1 is 0.969 bits per heavy atom. The standard InChI is InChI=1S/C17H23N3O11S/c1-17(2,3)31-15(22)19-18-14(21)28-8-10-32(26,27)11-9-29-16(23)30-13-6-4-12(5-7-13)20(24)25/h4-7H,8-11H2,1-3H3,(H,18,21)(H,19,22). The van der Waals surface area contributed by atoms with Crippen molar-refractivity contribution >= 4 is 33.9 Å². The summed E-state index contributed by atoms with van der Waals surface area (Å²) in [6.45, 7) is 3.82. The number of rotatable bonds is 8. The molecule has 0 saturated carbocycles. The summed E-state index contributed by atoms with van der Waals surface area (Å²) in [6, 6.07) is 4.59. The number of carbonyl (C=O) groups is 3. The lowest BCUT2D eigenvalue weighted by molar-refractivity contribution is -0.384. The quantitative estimate of drug-likeness (QED) is 0.182. The fourth-order valence-corrected chi connectivity index (χ4v) is 2.70. The van der Waals surface area contributed by atoms with Gasteiger partial charge < -0.3 is 18.9 Å². The second kappa shape index (κ2) is 11.7. The van der Waals surface area contributed by atoms with Crippen LogP contribution in [0.2, 0.25) is 0 Å². The number of ether oxygens (including phenoxy) is 4. The van der Waals surface area contributed by atoms with Crippen LogP contribution in [-0.4, -0.2) is 62.0 Å². The van der Waals surface area contributed by atoms with Gasteiger partial charge in [-0.25, -0.2) is 33.7 Å². The molecule has 0 aliphatic carbocycles. The van der Waals surface area contributed by atoms with Gasteiger partial charge in [-0.15, -0.1) is 0 Å². The van der Waals surface area contributed by atoms with Crippen LogP contribution < -0.4 is 15.6 Å². The molecule has 0 fully saturated rings. The second-order valence-corrected chi connectivity index (χ2v) is 9.29. The Kier molecular flexibility index (Phi) is 9.65. The van der Waals surface area contributed by atoms with Crippen LogP contribution in [-0.2, 0) is 24.0 Å². The van der Waals surface area contributed by atoms with E-state index in [1.165, 1.54) is 12.1 Å². The minimum Gasteiger partial charge on any atom is -0.447 e. The van der Waals surface area contributed by atoms with Crippen molar-refractivity contribution in [2.45, 2.75) is 26.4 Å². The van der Waals surface area contributed by atoms with E-state index >= 15 is 0 Å². The van der Waals surface area contributed by atoms with Crippen molar-refractivity contribution in [1.29, 1.82) is 0 Å². The summed E-state index contributed by atoms with van der Waals surface area (Å²) in [5, 5.41) is 10.6. The summed E-state index contributed by atoms with van der Waals surface area (Å²) in [7, 11) is -3.74. The first-order valence-corrected chi connectivity index (χ1v) is 10.8. The van der Waals surface area contributed by atoms with E-state index in [1.54, 1.807) is 20.8 Å². The van der Waals surface area contributed by atoms with Gasteiger partial charge in [0.2, 0.25) is 0 Å². The predicted octanol–water partition coefficient (Wildman–Crippen LogP) is 1.69. The molecule has 2 amide bonds. The van der Waals surface area contributed by atoms with E-state index in [2.05, 4.69) is 9.47 Å². The third-order valence-corrected chi connectivity index (χ3v) is 4.73. The van der Waals surface area contributed by atoms with Gasteiger partial charge in [-0.05, 0) is 32.9 Å².